The molecular weight excluding hydrogens is 338 g/mol. The van der Waals surface area contributed by atoms with E-state index in [1.165, 1.54) is 5.56 Å². The van der Waals surface area contributed by atoms with Gasteiger partial charge < -0.3 is 9.15 Å². The van der Waals surface area contributed by atoms with Gasteiger partial charge in [-0.25, -0.2) is 4.79 Å². The van der Waals surface area contributed by atoms with Gasteiger partial charge in [0.25, 0.3) is 0 Å². The second-order valence-electron chi connectivity index (χ2n) is 7.38. The lowest BCUT2D eigenvalue weighted by Gasteiger charge is -2.32. The minimum Gasteiger partial charge on any atom is -0.490 e. The van der Waals surface area contributed by atoms with Gasteiger partial charge in [0, 0.05) is 36.7 Å². The number of benzene rings is 2. The highest BCUT2D eigenvalue weighted by Gasteiger charge is 2.21. The first kappa shape index (κ1) is 17.8. The summed E-state index contributed by atoms with van der Waals surface area (Å²) in [5, 5.41) is 0.970. The van der Waals surface area contributed by atoms with E-state index in [1.807, 2.05) is 25.1 Å². The monoisotopic (exact) mass is 363 g/mol. The molecule has 2 aromatic carbocycles. The Hall–Kier alpha value is -2.59. The molecule has 1 aliphatic rings. The van der Waals surface area contributed by atoms with Gasteiger partial charge >= 0.3 is 5.63 Å². The van der Waals surface area contributed by atoms with Crippen LogP contribution in [-0.2, 0) is 6.54 Å². The lowest BCUT2D eigenvalue weighted by Crippen LogP contribution is -2.37. The zero-order chi connectivity index (χ0) is 18.8. The van der Waals surface area contributed by atoms with Crippen molar-refractivity contribution in [1.29, 1.82) is 0 Å². The topological polar surface area (TPSA) is 42.7 Å². The zero-order valence-electron chi connectivity index (χ0n) is 15.9. The van der Waals surface area contributed by atoms with Crippen LogP contribution < -0.4 is 10.4 Å². The number of ether oxygens (including phenoxy) is 1. The standard InChI is InChI=1S/C23H25NO3/c1-16-17(2)23(25)27-22-14-20(8-9-21(16)22)26-19-10-12-24(13-11-19)15-18-6-4-3-5-7-18/h3-9,14,19H,10-13,15H2,1-2H3. The molecule has 0 saturated carbocycles. The maximum Gasteiger partial charge on any atom is 0.339 e. The average Bonchev–Trinajstić information content (AvgIpc) is 2.68. The molecule has 0 radical (unpaired) electrons. The third-order valence-corrected chi connectivity index (χ3v) is 5.51. The van der Waals surface area contributed by atoms with Gasteiger partial charge in [0.05, 0.1) is 0 Å². The van der Waals surface area contributed by atoms with Crippen molar-refractivity contribution < 1.29 is 9.15 Å². The summed E-state index contributed by atoms with van der Waals surface area (Å²) in [7, 11) is 0. The van der Waals surface area contributed by atoms with Crippen molar-refractivity contribution in [2.45, 2.75) is 39.3 Å². The number of nitrogens with zero attached hydrogens (tertiary/aromatic N) is 1. The van der Waals surface area contributed by atoms with E-state index < -0.39 is 0 Å². The van der Waals surface area contributed by atoms with Gasteiger partial charge in [-0.2, -0.15) is 0 Å². The SMILES string of the molecule is Cc1c(C)c2ccc(OC3CCN(Cc4ccccc4)CC3)cc2oc1=O. The molecule has 1 fully saturated rings. The summed E-state index contributed by atoms with van der Waals surface area (Å²) in [6.07, 6.45) is 2.21. The first-order valence-electron chi connectivity index (χ1n) is 9.57. The Morgan fingerprint density at radius 2 is 1.78 bits per heavy atom. The summed E-state index contributed by atoms with van der Waals surface area (Å²) in [4.78, 5) is 14.4. The molecule has 0 spiro atoms. The van der Waals surface area contributed by atoms with Crippen LogP contribution in [0.25, 0.3) is 11.0 Å². The van der Waals surface area contributed by atoms with Crippen LogP contribution in [0.15, 0.2) is 57.7 Å². The van der Waals surface area contributed by atoms with Crippen molar-refractivity contribution in [2.24, 2.45) is 0 Å². The lowest BCUT2D eigenvalue weighted by atomic mass is 10.1. The molecule has 140 valence electrons. The maximum absolute atomic E-state index is 11.9. The molecule has 0 unspecified atom stereocenters. The van der Waals surface area contributed by atoms with E-state index >= 15 is 0 Å². The summed E-state index contributed by atoms with van der Waals surface area (Å²) in [6.45, 7) is 6.81. The fourth-order valence-electron chi connectivity index (χ4n) is 3.72. The first-order valence-corrected chi connectivity index (χ1v) is 9.57. The lowest BCUT2D eigenvalue weighted by molar-refractivity contribution is 0.0968. The van der Waals surface area contributed by atoms with Crippen molar-refractivity contribution in [3.05, 3.63) is 75.6 Å². The summed E-state index contributed by atoms with van der Waals surface area (Å²) in [5.74, 6) is 0.774. The Labute approximate surface area is 159 Å². The van der Waals surface area contributed by atoms with Crippen LogP contribution in [-0.4, -0.2) is 24.1 Å². The van der Waals surface area contributed by atoms with E-state index in [4.69, 9.17) is 9.15 Å². The average molecular weight is 363 g/mol. The summed E-state index contributed by atoms with van der Waals surface area (Å²) < 4.78 is 11.6. The van der Waals surface area contributed by atoms with Gasteiger partial charge in [-0.3, -0.25) is 4.90 Å². The van der Waals surface area contributed by atoms with Crippen LogP contribution in [0.3, 0.4) is 0 Å². The molecule has 0 atom stereocenters. The van der Waals surface area contributed by atoms with Crippen LogP contribution in [0.2, 0.25) is 0 Å². The summed E-state index contributed by atoms with van der Waals surface area (Å²) in [5.41, 5.74) is 3.32. The minimum absolute atomic E-state index is 0.202. The zero-order valence-corrected chi connectivity index (χ0v) is 15.9. The van der Waals surface area contributed by atoms with Gasteiger partial charge in [0.15, 0.2) is 0 Å². The number of aryl methyl sites for hydroxylation is 1. The molecule has 0 aliphatic carbocycles. The van der Waals surface area contributed by atoms with Crippen LogP contribution >= 0.6 is 0 Å². The second kappa shape index (κ2) is 7.57. The molecule has 27 heavy (non-hydrogen) atoms. The van der Waals surface area contributed by atoms with Crippen molar-refractivity contribution in [2.75, 3.05) is 13.1 Å². The molecule has 1 aromatic heterocycles. The Balaban J connectivity index is 1.40. The van der Waals surface area contributed by atoms with Gasteiger partial charge in [0.2, 0.25) is 0 Å². The predicted octanol–water partition coefficient (Wildman–Crippen LogP) is 4.45. The van der Waals surface area contributed by atoms with Gasteiger partial charge in [-0.1, -0.05) is 30.3 Å². The molecule has 1 aliphatic heterocycles. The normalized spacial score (nSPS) is 15.9. The fraction of sp³-hybridized carbons (Fsp3) is 0.348. The van der Waals surface area contributed by atoms with Crippen LogP contribution in [0, 0.1) is 13.8 Å². The minimum atomic E-state index is -0.272. The summed E-state index contributed by atoms with van der Waals surface area (Å²) in [6, 6.07) is 16.4. The fourth-order valence-corrected chi connectivity index (χ4v) is 3.72. The van der Waals surface area contributed by atoms with Gasteiger partial charge in [-0.15, -0.1) is 0 Å². The largest absolute Gasteiger partial charge is 0.490 e. The van der Waals surface area contributed by atoms with Gasteiger partial charge in [0.1, 0.15) is 17.4 Å². The maximum atomic E-state index is 11.9. The molecule has 4 nitrogen and oxygen atoms in total. The van der Waals surface area contributed by atoms with E-state index in [0.29, 0.717) is 11.1 Å². The Morgan fingerprint density at radius 3 is 2.52 bits per heavy atom. The predicted molar refractivity (Wildman–Crippen MR) is 107 cm³/mol. The Morgan fingerprint density at radius 1 is 1.04 bits per heavy atom. The Kier molecular flexibility index (Phi) is 4.99. The van der Waals surface area contributed by atoms with Gasteiger partial charge in [-0.05, 0) is 49.9 Å². The quantitative estimate of drug-likeness (QED) is 0.642. The van der Waals surface area contributed by atoms with E-state index in [2.05, 4.69) is 35.2 Å². The smallest absolute Gasteiger partial charge is 0.339 e. The van der Waals surface area contributed by atoms with Crippen LogP contribution in [0.5, 0.6) is 5.75 Å². The third kappa shape index (κ3) is 3.91. The van der Waals surface area contributed by atoms with Crippen LogP contribution in [0.4, 0.5) is 0 Å². The highest BCUT2D eigenvalue weighted by atomic mass is 16.5. The van der Waals surface area contributed by atoms with E-state index in [0.717, 1.165) is 49.2 Å². The second-order valence-corrected chi connectivity index (χ2v) is 7.38. The highest BCUT2D eigenvalue weighted by Crippen LogP contribution is 2.26. The molecule has 0 bridgehead atoms. The molecule has 4 heteroatoms. The molecule has 1 saturated heterocycles. The number of hydrogen-bond acceptors (Lipinski definition) is 4. The molecule has 0 amide bonds. The molecule has 0 N–H and O–H groups in total. The Bertz CT molecular complexity index is 986. The first-order chi connectivity index (χ1) is 13.1. The molecule has 2 heterocycles. The highest BCUT2D eigenvalue weighted by molar-refractivity contribution is 5.82. The third-order valence-electron chi connectivity index (χ3n) is 5.51. The van der Waals surface area contributed by atoms with Crippen molar-refractivity contribution >= 4 is 11.0 Å². The molecule has 4 rings (SSSR count). The molecule has 3 aromatic rings. The number of likely N-dealkylation sites (tertiary alicyclic amines) is 1. The number of fused-ring (bicyclic) bond motifs is 1. The van der Waals surface area contributed by atoms with Crippen LogP contribution in [0.1, 0.15) is 29.5 Å². The van der Waals surface area contributed by atoms with Crippen molar-refractivity contribution in [3.8, 4) is 5.75 Å². The van der Waals surface area contributed by atoms with Crippen molar-refractivity contribution in [3.63, 3.8) is 0 Å². The number of hydrogen-bond donors (Lipinski definition) is 0. The van der Waals surface area contributed by atoms with Crippen molar-refractivity contribution in [1.82, 2.24) is 4.90 Å². The van der Waals surface area contributed by atoms with E-state index in [9.17, 15) is 4.79 Å². The number of piperidine rings is 1. The molecular formula is C23H25NO3. The number of rotatable bonds is 4. The van der Waals surface area contributed by atoms with E-state index in [-0.39, 0.29) is 11.7 Å². The van der Waals surface area contributed by atoms with E-state index in [1.54, 1.807) is 6.92 Å². The summed E-state index contributed by atoms with van der Waals surface area (Å²) >= 11 is 0.